The second-order valence-electron chi connectivity index (χ2n) is 8.31. The number of anilines is 2. The molecule has 5 rings (SSSR count). The van der Waals surface area contributed by atoms with Gasteiger partial charge in [-0.05, 0) is 30.7 Å². The molecule has 2 N–H and O–H groups in total. The number of aromatic nitrogens is 4. The van der Waals surface area contributed by atoms with E-state index in [2.05, 4.69) is 20.4 Å². The first-order chi connectivity index (χ1) is 17.4. The molecule has 0 spiro atoms. The molecule has 0 bridgehead atoms. The SMILES string of the molecule is CCc1cc(=O)[nH]c(-n2nc(-c3ccco3)cc2NC(=O)C2CC(=O)N(c3cccc(OC)c3)C2)n1. The number of H-pyrrole nitrogens is 1. The molecule has 1 fully saturated rings. The van der Waals surface area contributed by atoms with E-state index in [1.807, 2.05) is 6.92 Å². The number of aryl methyl sites for hydroxylation is 1. The Morgan fingerprint density at radius 1 is 1.22 bits per heavy atom. The van der Waals surface area contributed by atoms with Crippen LogP contribution in [0.2, 0.25) is 0 Å². The molecule has 1 aromatic carbocycles. The smallest absolute Gasteiger partial charge is 0.252 e. The molecule has 3 aromatic heterocycles. The molecule has 36 heavy (non-hydrogen) atoms. The minimum absolute atomic E-state index is 0.0582. The molecule has 0 radical (unpaired) electrons. The molecular weight excluding hydrogens is 464 g/mol. The minimum atomic E-state index is -0.590. The normalized spacial score (nSPS) is 15.3. The van der Waals surface area contributed by atoms with Gasteiger partial charge in [0.1, 0.15) is 17.3 Å². The zero-order valence-electron chi connectivity index (χ0n) is 19.7. The van der Waals surface area contributed by atoms with E-state index in [4.69, 9.17) is 9.15 Å². The second-order valence-corrected chi connectivity index (χ2v) is 8.31. The predicted octanol–water partition coefficient (Wildman–Crippen LogP) is 2.78. The van der Waals surface area contributed by atoms with Crippen LogP contribution in [-0.4, -0.2) is 45.2 Å². The van der Waals surface area contributed by atoms with Crippen LogP contribution in [0.1, 0.15) is 19.0 Å². The Balaban J connectivity index is 1.43. The lowest BCUT2D eigenvalue weighted by atomic mass is 10.1. The monoisotopic (exact) mass is 488 g/mol. The number of benzene rings is 1. The first-order valence-electron chi connectivity index (χ1n) is 11.4. The number of hydrogen-bond acceptors (Lipinski definition) is 7. The number of methoxy groups -OCH3 is 1. The summed E-state index contributed by atoms with van der Waals surface area (Å²) < 4.78 is 12.1. The lowest BCUT2D eigenvalue weighted by Gasteiger charge is -2.17. The zero-order chi connectivity index (χ0) is 25.2. The van der Waals surface area contributed by atoms with E-state index in [0.717, 1.165) is 0 Å². The summed E-state index contributed by atoms with van der Waals surface area (Å²) in [7, 11) is 1.56. The van der Waals surface area contributed by atoms with Gasteiger partial charge in [-0.2, -0.15) is 9.78 Å². The predicted molar refractivity (Wildman–Crippen MR) is 131 cm³/mol. The van der Waals surface area contributed by atoms with E-state index in [0.29, 0.717) is 35.0 Å². The molecule has 0 saturated carbocycles. The molecular formula is C25H24N6O5. The summed E-state index contributed by atoms with van der Waals surface area (Å²) in [6.07, 6.45) is 2.12. The van der Waals surface area contributed by atoms with Crippen LogP contribution in [0.15, 0.2) is 64.0 Å². The fraction of sp³-hybridized carbons (Fsp3) is 0.240. The molecule has 4 aromatic rings. The van der Waals surface area contributed by atoms with E-state index in [1.54, 1.807) is 54.5 Å². The summed E-state index contributed by atoms with van der Waals surface area (Å²) in [5.74, 6) is 0.456. The van der Waals surface area contributed by atoms with Crippen LogP contribution in [0.5, 0.6) is 5.75 Å². The van der Waals surface area contributed by atoms with Gasteiger partial charge in [-0.3, -0.25) is 19.4 Å². The Morgan fingerprint density at radius 2 is 2.08 bits per heavy atom. The average molecular weight is 489 g/mol. The molecule has 4 heterocycles. The van der Waals surface area contributed by atoms with Gasteiger partial charge in [0.25, 0.3) is 5.56 Å². The average Bonchev–Trinajstić information content (AvgIpc) is 3.63. The van der Waals surface area contributed by atoms with Crippen molar-refractivity contribution in [3.05, 3.63) is 70.8 Å². The quantitative estimate of drug-likeness (QED) is 0.408. The minimum Gasteiger partial charge on any atom is -0.497 e. The van der Waals surface area contributed by atoms with Crippen molar-refractivity contribution in [1.29, 1.82) is 0 Å². The van der Waals surface area contributed by atoms with Crippen molar-refractivity contribution in [3.8, 4) is 23.2 Å². The molecule has 1 aliphatic heterocycles. The first-order valence-corrected chi connectivity index (χ1v) is 11.4. The van der Waals surface area contributed by atoms with Gasteiger partial charge in [-0.1, -0.05) is 13.0 Å². The van der Waals surface area contributed by atoms with E-state index in [9.17, 15) is 14.4 Å². The fourth-order valence-electron chi connectivity index (χ4n) is 4.09. The number of carbonyl (C=O) groups is 2. The fourth-order valence-corrected chi connectivity index (χ4v) is 4.09. The Morgan fingerprint density at radius 3 is 2.83 bits per heavy atom. The Kier molecular flexibility index (Phi) is 6.11. The molecule has 11 nitrogen and oxygen atoms in total. The number of carbonyl (C=O) groups excluding carboxylic acids is 2. The summed E-state index contributed by atoms with van der Waals surface area (Å²) in [6, 6.07) is 13.6. The van der Waals surface area contributed by atoms with Crippen molar-refractivity contribution in [2.75, 3.05) is 23.9 Å². The third kappa shape index (κ3) is 4.50. The topological polar surface area (TPSA) is 135 Å². The van der Waals surface area contributed by atoms with E-state index in [1.165, 1.54) is 17.0 Å². The highest BCUT2D eigenvalue weighted by atomic mass is 16.5. The number of amides is 2. The van der Waals surface area contributed by atoms with Crippen molar-refractivity contribution in [2.45, 2.75) is 19.8 Å². The highest BCUT2D eigenvalue weighted by Gasteiger charge is 2.36. The lowest BCUT2D eigenvalue weighted by molar-refractivity contribution is -0.122. The van der Waals surface area contributed by atoms with Crippen LogP contribution < -0.4 is 20.5 Å². The number of furan rings is 1. The van der Waals surface area contributed by atoms with Crippen LogP contribution in [0.3, 0.4) is 0 Å². The molecule has 2 amide bonds. The van der Waals surface area contributed by atoms with Crippen LogP contribution in [0.25, 0.3) is 17.4 Å². The van der Waals surface area contributed by atoms with Gasteiger partial charge < -0.3 is 19.4 Å². The van der Waals surface area contributed by atoms with E-state index < -0.39 is 5.92 Å². The molecule has 0 aliphatic carbocycles. The lowest BCUT2D eigenvalue weighted by Crippen LogP contribution is -2.29. The Labute approximate surface area is 205 Å². The summed E-state index contributed by atoms with van der Waals surface area (Å²) in [5.41, 5.74) is 1.36. The summed E-state index contributed by atoms with van der Waals surface area (Å²) in [6.45, 7) is 2.11. The third-order valence-corrected chi connectivity index (χ3v) is 5.94. The molecule has 1 saturated heterocycles. The molecule has 11 heteroatoms. The standard InChI is InChI=1S/C25H24N6O5/c1-3-16-11-22(32)28-25(26-16)31-21(13-19(29-31)20-8-5-9-36-20)27-24(34)15-10-23(33)30(14-15)17-6-4-7-18(12-17)35-2/h4-9,11-13,15H,3,10,14H2,1-2H3,(H,27,34)(H,26,28,32). The summed E-state index contributed by atoms with van der Waals surface area (Å²) in [4.78, 5) is 46.8. The van der Waals surface area contributed by atoms with Gasteiger partial charge in [0.15, 0.2) is 5.76 Å². The van der Waals surface area contributed by atoms with Gasteiger partial charge in [0.05, 0.1) is 19.3 Å². The van der Waals surface area contributed by atoms with Gasteiger partial charge in [-0.15, -0.1) is 0 Å². The summed E-state index contributed by atoms with van der Waals surface area (Å²) in [5, 5.41) is 7.36. The van der Waals surface area contributed by atoms with Crippen LogP contribution in [0, 0.1) is 5.92 Å². The maximum atomic E-state index is 13.3. The van der Waals surface area contributed by atoms with Crippen molar-refractivity contribution in [1.82, 2.24) is 19.7 Å². The van der Waals surface area contributed by atoms with Crippen molar-refractivity contribution in [2.24, 2.45) is 5.92 Å². The van der Waals surface area contributed by atoms with Gasteiger partial charge >= 0.3 is 0 Å². The zero-order valence-corrected chi connectivity index (χ0v) is 19.7. The number of nitrogens with one attached hydrogen (secondary N) is 2. The van der Waals surface area contributed by atoms with E-state index >= 15 is 0 Å². The number of ether oxygens (including phenoxy) is 1. The highest BCUT2D eigenvalue weighted by molar-refractivity contribution is 6.03. The largest absolute Gasteiger partial charge is 0.497 e. The number of rotatable bonds is 7. The number of nitrogens with zero attached hydrogens (tertiary/aromatic N) is 4. The van der Waals surface area contributed by atoms with Gasteiger partial charge in [0.2, 0.25) is 17.8 Å². The second kappa shape index (κ2) is 9.53. The van der Waals surface area contributed by atoms with Gasteiger partial charge in [0, 0.05) is 42.5 Å². The molecule has 1 atom stereocenters. The van der Waals surface area contributed by atoms with Crippen LogP contribution >= 0.6 is 0 Å². The summed E-state index contributed by atoms with van der Waals surface area (Å²) >= 11 is 0. The Hall–Kier alpha value is -4.67. The maximum Gasteiger partial charge on any atom is 0.252 e. The number of aromatic amines is 1. The van der Waals surface area contributed by atoms with Crippen LogP contribution in [-0.2, 0) is 16.0 Å². The Bertz CT molecular complexity index is 1470. The maximum absolute atomic E-state index is 13.3. The molecule has 1 aliphatic rings. The van der Waals surface area contributed by atoms with Crippen molar-refractivity contribution >= 4 is 23.3 Å². The van der Waals surface area contributed by atoms with Crippen molar-refractivity contribution in [3.63, 3.8) is 0 Å². The molecule has 1 unspecified atom stereocenters. The van der Waals surface area contributed by atoms with Crippen LogP contribution in [0.4, 0.5) is 11.5 Å². The first kappa shape index (κ1) is 23.1. The van der Waals surface area contributed by atoms with Crippen molar-refractivity contribution < 1.29 is 18.7 Å². The highest BCUT2D eigenvalue weighted by Crippen LogP contribution is 2.29. The van der Waals surface area contributed by atoms with Gasteiger partial charge in [-0.25, -0.2) is 4.98 Å². The molecule has 184 valence electrons. The third-order valence-electron chi connectivity index (χ3n) is 5.94. The number of hydrogen-bond donors (Lipinski definition) is 2. The van der Waals surface area contributed by atoms with E-state index in [-0.39, 0.29) is 42.1 Å².